The van der Waals surface area contributed by atoms with Gasteiger partial charge in [-0.2, -0.15) is 0 Å². The highest BCUT2D eigenvalue weighted by Gasteiger charge is 2.38. The topological polar surface area (TPSA) is 74.2 Å². The smallest absolute Gasteiger partial charge is 0.231 e. The van der Waals surface area contributed by atoms with Gasteiger partial charge in [0.05, 0.1) is 19.6 Å². The van der Waals surface area contributed by atoms with Crippen LogP contribution in [0.25, 0.3) is 6.08 Å². The van der Waals surface area contributed by atoms with Gasteiger partial charge in [-0.05, 0) is 41.5 Å². The molecule has 4 rings (SSSR count). The Morgan fingerprint density at radius 3 is 2.85 bits per heavy atom. The molecule has 2 atom stereocenters. The minimum Gasteiger partial charge on any atom is -0.493 e. The summed E-state index contributed by atoms with van der Waals surface area (Å²) in [7, 11) is 1.56. The van der Waals surface area contributed by atoms with Crippen LogP contribution in [0, 0.1) is 0 Å². The summed E-state index contributed by atoms with van der Waals surface area (Å²) in [6.07, 6.45) is 3.46. The third kappa shape index (κ3) is 2.68. The molecule has 2 aromatic carbocycles. The van der Waals surface area contributed by atoms with Gasteiger partial charge in [-0.25, -0.2) is 0 Å². The molecular weight excluding hydrogens is 336 g/mol. The second-order valence-electron chi connectivity index (χ2n) is 6.08. The number of benzene rings is 2. The summed E-state index contributed by atoms with van der Waals surface area (Å²) in [5.41, 5.74) is 2.54. The maximum atomic E-state index is 10.6. The van der Waals surface area contributed by atoms with Gasteiger partial charge in [-0.1, -0.05) is 12.1 Å². The molecule has 2 aliphatic heterocycles. The Morgan fingerprint density at radius 1 is 1.23 bits per heavy atom. The summed E-state index contributed by atoms with van der Waals surface area (Å²) >= 11 is 0. The van der Waals surface area contributed by atoms with Crippen molar-refractivity contribution in [3.05, 3.63) is 53.1 Å². The first-order chi connectivity index (χ1) is 12.7. The lowest BCUT2D eigenvalue weighted by molar-refractivity contribution is -0.104. The number of aliphatic hydroxyl groups excluding tert-OH is 1. The van der Waals surface area contributed by atoms with Gasteiger partial charge in [-0.3, -0.25) is 4.79 Å². The van der Waals surface area contributed by atoms with Gasteiger partial charge in [-0.15, -0.1) is 0 Å². The number of aliphatic hydroxyl groups is 1. The number of allylic oxidation sites excluding steroid dienone is 1. The van der Waals surface area contributed by atoms with Crippen molar-refractivity contribution in [3.8, 4) is 23.0 Å². The third-order valence-corrected chi connectivity index (χ3v) is 4.62. The average Bonchev–Trinajstić information content (AvgIpc) is 3.28. The van der Waals surface area contributed by atoms with E-state index in [-0.39, 0.29) is 25.4 Å². The number of aldehydes is 1. The van der Waals surface area contributed by atoms with Crippen molar-refractivity contribution in [3.63, 3.8) is 0 Å². The van der Waals surface area contributed by atoms with Gasteiger partial charge in [0, 0.05) is 5.56 Å². The van der Waals surface area contributed by atoms with E-state index in [0.717, 1.165) is 23.0 Å². The Hall–Kier alpha value is -2.99. The minimum atomic E-state index is -0.372. The predicted molar refractivity (Wildman–Crippen MR) is 93.9 cm³/mol. The number of hydrogen-bond acceptors (Lipinski definition) is 6. The fourth-order valence-electron chi connectivity index (χ4n) is 3.40. The van der Waals surface area contributed by atoms with E-state index < -0.39 is 0 Å². The fraction of sp³-hybridized carbons (Fsp3) is 0.250. The molecular formula is C20H18O6. The summed E-state index contributed by atoms with van der Waals surface area (Å²) in [5.74, 6) is 2.28. The summed E-state index contributed by atoms with van der Waals surface area (Å²) in [5, 5.41) is 10.0. The molecule has 26 heavy (non-hydrogen) atoms. The Kier molecular flexibility index (Phi) is 4.26. The lowest BCUT2D eigenvalue weighted by Gasteiger charge is -2.18. The van der Waals surface area contributed by atoms with Crippen molar-refractivity contribution in [2.24, 2.45) is 0 Å². The van der Waals surface area contributed by atoms with Crippen LogP contribution < -0.4 is 18.9 Å². The third-order valence-electron chi connectivity index (χ3n) is 4.62. The van der Waals surface area contributed by atoms with Crippen molar-refractivity contribution < 1.29 is 28.8 Å². The molecule has 0 unspecified atom stereocenters. The maximum Gasteiger partial charge on any atom is 0.231 e. The number of ether oxygens (including phenoxy) is 4. The van der Waals surface area contributed by atoms with E-state index in [4.69, 9.17) is 18.9 Å². The normalized spacial score (nSPS) is 20.1. The van der Waals surface area contributed by atoms with E-state index in [1.807, 2.05) is 24.3 Å². The average molecular weight is 354 g/mol. The Labute approximate surface area is 150 Å². The van der Waals surface area contributed by atoms with E-state index >= 15 is 0 Å². The molecule has 1 N–H and O–H groups in total. The number of carbonyl (C=O) groups excluding carboxylic acids is 1. The Balaban J connectivity index is 1.75. The second kappa shape index (κ2) is 6.72. The molecule has 134 valence electrons. The fourth-order valence-corrected chi connectivity index (χ4v) is 3.40. The first-order valence-electron chi connectivity index (χ1n) is 8.26. The van der Waals surface area contributed by atoms with E-state index in [9.17, 15) is 9.90 Å². The van der Waals surface area contributed by atoms with Crippen LogP contribution in [-0.2, 0) is 4.79 Å². The van der Waals surface area contributed by atoms with Gasteiger partial charge in [0.15, 0.2) is 23.0 Å². The maximum absolute atomic E-state index is 10.6. The molecule has 2 aromatic rings. The minimum absolute atomic E-state index is 0.0872. The Bertz CT molecular complexity index is 873. The van der Waals surface area contributed by atoms with Crippen LogP contribution in [0.4, 0.5) is 0 Å². The SMILES string of the molecule is COc1cc(C=CC=O)cc2c1O[C@H](c1ccc3c(c1)OCO3)[C@H]2CO. The first kappa shape index (κ1) is 16.5. The van der Waals surface area contributed by atoms with Gasteiger partial charge >= 0.3 is 0 Å². The van der Waals surface area contributed by atoms with Gasteiger partial charge in [0.1, 0.15) is 12.4 Å². The van der Waals surface area contributed by atoms with Crippen LogP contribution in [0.15, 0.2) is 36.4 Å². The van der Waals surface area contributed by atoms with Crippen molar-refractivity contribution >= 4 is 12.4 Å². The molecule has 6 nitrogen and oxygen atoms in total. The molecule has 0 amide bonds. The monoisotopic (exact) mass is 354 g/mol. The predicted octanol–water partition coefficient (Wildman–Crippen LogP) is 2.85. The quantitative estimate of drug-likeness (QED) is 0.657. The van der Waals surface area contributed by atoms with E-state index in [1.165, 1.54) is 6.08 Å². The summed E-state index contributed by atoms with van der Waals surface area (Å²) in [6, 6.07) is 9.34. The molecule has 0 saturated carbocycles. The summed E-state index contributed by atoms with van der Waals surface area (Å²) in [6.45, 7) is 0.115. The summed E-state index contributed by atoms with van der Waals surface area (Å²) < 4.78 is 22.4. The molecule has 0 fully saturated rings. The standard InChI is InChI=1S/C20H18O6/c1-23-18-8-12(3-2-6-21)7-14-15(10-22)19(26-20(14)18)13-4-5-16-17(9-13)25-11-24-16/h2-9,15,19,22H,10-11H2,1H3/t15-,19+/m0/s1. The zero-order valence-electron chi connectivity index (χ0n) is 14.2. The van der Waals surface area contributed by atoms with Crippen molar-refractivity contribution in [1.82, 2.24) is 0 Å². The van der Waals surface area contributed by atoms with E-state index in [0.29, 0.717) is 23.0 Å². The van der Waals surface area contributed by atoms with Crippen LogP contribution in [0.2, 0.25) is 0 Å². The molecule has 2 heterocycles. The number of rotatable bonds is 5. The molecule has 0 bridgehead atoms. The molecule has 0 saturated heterocycles. The highest BCUT2D eigenvalue weighted by molar-refractivity contribution is 5.75. The van der Waals surface area contributed by atoms with Crippen LogP contribution in [0.5, 0.6) is 23.0 Å². The second-order valence-corrected chi connectivity index (χ2v) is 6.08. The largest absolute Gasteiger partial charge is 0.493 e. The van der Waals surface area contributed by atoms with E-state index in [1.54, 1.807) is 19.3 Å². The number of carbonyl (C=O) groups is 1. The number of methoxy groups -OCH3 is 1. The summed E-state index contributed by atoms with van der Waals surface area (Å²) in [4.78, 5) is 10.6. The van der Waals surface area contributed by atoms with E-state index in [2.05, 4.69) is 0 Å². The number of hydrogen-bond donors (Lipinski definition) is 1. The van der Waals surface area contributed by atoms with Crippen LogP contribution in [-0.4, -0.2) is 31.9 Å². The highest BCUT2D eigenvalue weighted by Crippen LogP contribution is 2.51. The lowest BCUT2D eigenvalue weighted by Crippen LogP contribution is -2.13. The lowest BCUT2D eigenvalue weighted by atomic mass is 9.90. The molecule has 0 spiro atoms. The van der Waals surface area contributed by atoms with Crippen molar-refractivity contribution in [1.29, 1.82) is 0 Å². The zero-order valence-corrected chi connectivity index (χ0v) is 14.2. The van der Waals surface area contributed by atoms with Gasteiger partial charge in [0.25, 0.3) is 0 Å². The van der Waals surface area contributed by atoms with Crippen LogP contribution in [0.3, 0.4) is 0 Å². The zero-order chi connectivity index (χ0) is 18.1. The first-order valence-corrected chi connectivity index (χ1v) is 8.26. The molecule has 0 radical (unpaired) electrons. The molecule has 0 aromatic heterocycles. The number of fused-ring (bicyclic) bond motifs is 2. The van der Waals surface area contributed by atoms with Crippen molar-refractivity contribution in [2.75, 3.05) is 20.5 Å². The Morgan fingerprint density at radius 2 is 2.08 bits per heavy atom. The molecule has 0 aliphatic carbocycles. The molecule has 2 aliphatic rings. The van der Waals surface area contributed by atoms with Gasteiger partial charge < -0.3 is 24.1 Å². The van der Waals surface area contributed by atoms with Gasteiger partial charge in [0.2, 0.25) is 6.79 Å². The highest BCUT2D eigenvalue weighted by atomic mass is 16.7. The van der Waals surface area contributed by atoms with Crippen molar-refractivity contribution in [2.45, 2.75) is 12.0 Å². The molecule has 6 heteroatoms. The van der Waals surface area contributed by atoms with Crippen LogP contribution in [0.1, 0.15) is 28.7 Å². The van der Waals surface area contributed by atoms with Crippen LogP contribution >= 0.6 is 0 Å².